The molecule has 0 aromatic heterocycles. The minimum Gasteiger partial charge on any atom is -0.378 e. The minimum atomic E-state index is -0.248. The van der Waals surface area contributed by atoms with Gasteiger partial charge in [0.05, 0.1) is 12.1 Å². The second-order valence-electron chi connectivity index (χ2n) is 10.6. The van der Waals surface area contributed by atoms with Gasteiger partial charge in [-0.3, -0.25) is 19.9 Å². The number of carbonyl (C=O) groups is 2. The molecule has 2 aliphatic heterocycles. The normalized spacial score (nSPS) is 23.6. The number of aliphatic imine (C=N–C) groups is 1. The molecule has 0 bridgehead atoms. The van der Waals surface area contributed by atoms with Gasteiger partial charge >= 0.3 is 0 Å². The third-order valence-corrected chi connectivity index (χ3v) is 7.54. The molecule has 8 heteroatoms. The van der Waals surface area contributed by atoms with Crippen LogP contribution in [0, 0.1) is 5.92 Å². The van der Waals surface area contributed by atoms with E-state index < -0.39 is 0 Å². The average Bonchev–Trinajstić information content (AvgIpc) is 3.67. The first kappa shape index (κ1) is 24.6. The van der Waals surface area contributed by atoms with Gasteiger partial charge in [0.25, 0.3) is 5.91 Å². The summed E-state index contributed by atoms with van der Waals surface area (Å²) in [5.41, 5.74) is 2.83. The maximum atomic E-state index is 12.9. The zero-order valence-electron chi connectivity index (χ0n) is 21.4. The predicted octanol–water partition coefficient (Wildman–Crippen LogP) is 2.85. The van der Waals surface area contributed by atoms with Crippen molar-refractivity contribution >= 4 is 23.3 Å². The van der Waals surface area contributed by atoms with Crippen molar-refractivity contribution in [2.24, 2.45) is 10.9 Å². The van der Waals surface area contributed by atoms with Crippen molar-refractivity contribution in [3.8, 4) is 0 Å². The molecular weight excluding hydrogens is 452 g/mol. The van der Waals surface area contributed by atoms with Crippen LogP contribution < -0.4 is 20.9 Å². The van der Waals surface area contributed by atoms with Gasteiger partial charge in [-0.25, -0.2) is 0 Å². The number of benzene rings is 1. The Kier molecular flexibility index (Phi) is 7.41. The highest BCUT2D eigenvalue weighted by molar-refractivity contribution is 6.04. The molecule has 1 aromatic carbocycles. The number of carbonyl (C=O) groups excluding carboxylic acids is 2. The van der Waals surface area contributed by atoms with E-state index in [2.05, 4.69) is 50.0 Å². The molecule has 8 nitrogen and oxygen atoms in total. The van der Waals surface area contributed by atoms with E-state index in [0.717, 1.165) is 29.9 Å². The van der Waals surface area contributed by atoms with Gasteiger partial charge in [-0.2, -0.15) is 0 Å². The molecule has 2 atom stereocenters. The van der Waals surface area contributed by atoms with Crippen LogP contribution in [0.15, 0.2) is 53.2 Å². The summed E-state index contributed by atoms with van der Waals surface area (Å²) in [5, 5.41) is 9.54. The van der Waals surface area contributed by atoms with Crippen molar-refractivity contribution in [2.75, 3.05) is 32.1 Å². The van der Waals surface area contributed by atoms with Gasteiger partial charge in [-0.15, -0.1) is 0 Å². The number of amidine groups is 1. The van der Waals surface area contributed by atoms with E-state index in [9.17, 15) is 9.59 Å². The summed E-state index contributed by atoms with van der Waals surface area (Å²) < 4.78 is 0. The molecular formula is C28H38N6O2. The predicted molar refractivity (Wildman–Crippen MR) is 143 cm³/mol. The summed E-state index contributed by atoms with van der Waals surface area (Å²) in [7, 11) is 4.08. The largest absolute Gasteiger partial charge is 0.378 e. The fraction of sp³-hybridized carbons (Fsp3) is 0.536. The summed E-state index contributed by atoms with van der Waals surface area (Å²) in [5.74, 6) is 1.07. The number of hydrogen-bond donors (Lipinski definition) is 3. The number of nitrogens with zero attached hydrogens (tertiary/aromatic N) is 3. The van der Waals surface area contributed by atoms with Crippen molar-refractivity contribution in [3.05, 3.63) is 53.8 Å². The van der Waals surface area contributed by atoms with Gasteiger partial charge in [0, 0.05) is 38.6 Å². The van der Waals surface area contributed by atoms with E-state index in [0.29, 0.717) is 24.1 Å². The van der Waals surface area contributed by atoms with Crippen LogP contribution in [-0.2, 0) is 9.59 Å². The number of fused-ring (bicyclic) bond motifs is 1. The maximum absolute atomic E-state index is 12.9. The number of hydrogen-bond acceptors (Lipinski definition) is 6. The van der Waals surface area contributed by atoms with Crippen molar-refractivity contribution in [1.82, 2.24) is 20.9 Å². The summed E-state index contributed by atoms with van der Waals surface area (Å²) in [6.45, 7) is 0.693. The Balaban J connectivity index is 1.30. The molecule has 4 aliphatic rings. The summed E-state index contributed by atoms with van der Waals surface area (Å²) in [6.07, 6.45) is 14.0. The van der Waals surface area contributed by atoms with Gasteiger partial charge in [-0.1, -0.05) is 31.4 Å². The Labute approximate surface area is 213 Å². The molecule has 0 saturated heterocycles. The Hall–Kier alpha value is -3.13. The molecule has 3 N–H and O–H groups in total. The summed E-state index contributed by atoms with van der Waals surface area (Å²) in [6, 6.07) is 8.92. The Morgan fingerprint density at radius 2 is 1.75 bits per heavy atom. The zero-order chi connectivity index (χ0) is 25.1. The molecule has 0 spiro atoms. The van der Waals surface area contributed by atoms with Gasteiger partial charge in [0.1, 0.15) is 18.0 Å². The van der Waals surface area contributed by atoms with Crippen molar-refractivity contribution < 1.29 is 9.59 Å². The topological polar surface area (TPSA) is 89.1 Å². The van der Waals surface area contributed by atoms with E-state index in [1.54, 1.807) is 6.08 Å². The second kappa shape index (κ2) is 10.9. The molecule has 2 heterocycles. The van der Waals surface area contributed by atoms with Gasteiger partial charge < -0.3 is 20.4 Å². The van der Waals surface area contributed by atoms with E-state index in [1.165, 1.54) is 32.1 Å². The lowest BCUT2D eigenvalue weighted by Crippen LogP contribution is -2.50. The number of anilines is 1. The lowest BCUT2D eigenvalue weighted by Gasteiger charge is -2.34. The molecule has 0 radical (unpaired) electrons. The van der Waals surface area contributed by atoms with Crippen LogP contribution in [0.2, 0.25) is 0 Å². The number of nitrogens with one attached hydrogen (secondary N) is 3. The SMILES string of the molecule is CN(C)c1ccc(C2N=C3C=CC(C(=O)NCC(=O)NCC4CC4)=CN3C2NC2CCCCC2)cc1. The van der Waals surface area contributed by atoms with Crippen LogP contribution in [-0.4, -0.2) is 61.9 Å². The molecule has 5 rings (SSSR count). The fourth-order valence-corrected chi connectivity index (χ4v) is 5.16. The standard InChI is InChI=1S/C28H38N6O2/c1-33(2)23-13-10-20(11-14-23)26-27(31-22-6-4-3-5-7-22)34-18-21(12-15-24(34)32-26)28(36)30-17-25(35)29-16-19-8-9-19/h10-15,18-19,22,26-27,31H,3-9,16-17H2,1-2H3,(H,29,35)(H,30,36). The van der Waals surface area contributed by atoms with Gasteiger partial charge in [0.15, 0.2) is 0 Å². The van der Waals surface area contributed by atoms with E-state index in [1.807, 2.05) is 26.4 Å². The van der Waals surface area contributed by atoms with Crippen molar-refractivity contribution in [2.45, 2.75) is 63.2 Å². The summed E-state index contributed by atoms with van der Waals surface area (Å²) >= 11 is 0. The van der Waals surface area contributed by atoms with Crippen LogP contribution >= 0.6 is 0 Å². The van der Waals surface area contributed by atoms with E-state index >= 15 is 0 Å². The second-order valence-corrected chi connectivity index (χ2v) is 10.6. The Bertz CT molecular complexity index is 1050. The molecule has 2 saturated carbocycles. The van der Waals surface area contributed by atoms with Crippen LogP contribution in [0.1, 0.15) is 56.6 Å². The van der Waals surface area contributed by atoms with E-state index in [4.69, 9.17) is 4.99 Å². The monoisotopic (exact) mass is 490 g/mol. The third kappa shape index (κ3) is 5.81. The minimum absolute atomic E-state index is 0.0116. The van der Waals surface area contributed by atoms with Crippen LogP contribution in [0.4, 0.5) is 5.69 Å². The molecule has 2 unspecified atom stereocenters. The molecule has 2 fully saturated rings. The Morgan fingerprint density at radius 1 is 1.00 bits per heavy atom. The number of amides is 2. The van der Waals surface area contributed by atoms with Gasteiger partial charge in [-0.05, 0) is 61.4 Å². The fourth-order valence-electron chi connectivity index (χ4n) is 5.16. The van der Waals surface area contributed by atoms with Crippen molar-refractivity contribution in [1.29, 1.82) is 0 Å². The molecule has 2 amide bonds. The Morgan fingerprint density at radius 3 is 2.44 bits per heavy atom. The molecule has 36 heavy (non-hydrogen) atoms. The summed E-state index contributed by atoms with van der Waals surface area (Å²) in [4.78, 5) is 34.2. The molecule has 1 aromatic rings. The highest BCUT2D eigenvalue weighted by atomic mass is 16.2. The maximum Gasteiger partial charge on any atom is 0.253 e. The zero-order valence-corrected chi connectivity index (χ0v) is 21.4. The number of rotatable bonds is 9. The lowest BCUT2D eigenvalue weighted by atomic mass is 9.94. The van der Waals surface area contributed by atoms with Crippen LogP contribution in [0.25, 0.3) is 0 Å². The lowest BCUT2D eigenvalue weighted by molar-refractivity contribution is -0.124. The first-order chi connectivity index (χ1) is 17.5. The highest BCUT2D eigenvalue weighted by Crippen LogP contribution is 2.35. The molecule has 192 valence electrons. The van der Waals surface area contributed by atoms with Crippen LogP contribution in [0.5, 0.6) is 0 Å². The average molecular weight is 491 g/mol. The van der Waals surface area contributed by atoms with E-state index in [-0.39, 0.29) is 30.6 Å². The first-order valence-corrected chi connectivity index (χ1v) is 13.3. The quantitative estimate of drug-likeness (QED) is 0.495. The van der Waals surface area contributed by atoms with Crippen molar-refractivity contribution in [3.63, 3.8) is 0 Å². The van der Waals surface area contributed by atoms with Crippen LogP contribution in [0.3, 0.4) is 0 Å². The van der Waals surface area contributed by atoms with Gasteiger partial charge in [0.2, 0.25) is 5.91 Å². The highest BCUT2D eigenvalue weighted by Gasteiger charge is 2.38. The first-order valence-electron chi connectivity index (χ1n) is 13.3. The third-order valence-electron chi connectivity index (χ3n) is 7.54. The smallest absolute Gasteiger partial charge is 0.253 e. The molecule has 2 aliphatic carbocycles.